The molecule has 0 bridgehead atoms. The van der Waals surface area contributed by atoms with E-state index in [2.05, 4.69) is 10.2 Å². The molecule has 11 heteroatoms. The number of hydrogen-bond donors (Lipinski definition) is 1. The van der Waals surface area contributed by atoms with Crippen molar-refractivity contribution in [3.8, 4) is 5.75 Å². The monoisotopic (exact) mass is 526 g/mol. The van der Waals surface area contributed by atoms with Gasteiger partial charge in [0, 0.05) is 70.0 Å². The van der Waals surface area contributed by atoms with Crippen molar-refractivity contribution in [3.05, 3.63) is 54.1 Å². The Hall–Kier alpha value is -3.08. The second-order valence-corrected chi connectivity index (χ2v) is 9.35. The number of rotatable bonds is 7. The van der Waals surface area contributed by atoms with Crippen molar-refractivity contribution in [2.24, 2.45) is 0 Å². The van der Waals surface area contributed by atoms with E-state index >= 15 is 0 Å². The molecule has 2 aromatic rings. The van der Waals surface area contributed by atoms with Gasteiger partial charge < -0.3 is 19.9 Å². The number of carbonyl (C=O) groups excluding carboxylic acids is 1. The molecule has 4 rings (SSSR count). The highest BCUT2D eigenvalue weighted by Gasteiger charge is 2.35. The van der Waals surface area contributed by atoms with E-state index in [-0.39, 0.29) is 31.6 Å². The van der Waals surface area contributed by atoms with Crippen LogP contribution in [-0.2, 0) is 6.18 Å². The molecule has 2 aliphatic rings. The molecule has 6 nitrogen and oxygen atoms in total. The van der Waals surface area contributed by atoms with E-state index in [0.29, 0.717) is 51.4 Å². The number of hydrogen-bond acceptors (Lipinski definition) is 5. The van der Waals surface area contributed by atoms with Crippen LogP contribution in [0, 0.1) is 0 Å². The van der Waals surface area contributed by atoms with Crippen LogP contribution >= 0.6 is 0 Å². The SMILES string of the molecule is O=C(NCCCN1CCN(c2ccccc2C(F)(F)F)CC1)Oc1ccc(N2CCC(F)(F)CC2)cc1. The molecule has 2 aliphatic heterocycles. The average molecular weight is 527 g/mol. The Morgan fingerprint density at radius 1 is 0.892 bits per heavy atom. The molecule has 0 radical (unpaired) electrons. The third-order valence-corrected chi connectivity index (χ3v) is 6.75. The molecule has 0 atom stereocenters. The Morgan fingerprint density at radius 2 is 1.54 bits per heavy atom. The Kier molecular flexibility index (Phi) is 8.41. The number of halogens is 5. The van der Waals surface area contributed by atoms with Gasteiger partial charge in [0.15, 0.2) is 0 Å². The van der Waals surface area contributed by atoms with E-state index in [1.165, 1.54) is 12.1 Å². The Morgan fingerprint density at radius 3 is 2.19 bits per heavy atom. The Balaban J connectivity index is 1.14. The molecule has 202 valence electrons. The number of benzene rings is 2. The normalized spacial score (nSPS) is 18.5. The minimum Gasteiger partial charge on any atom is -0.410 e. The van der Waals surface area contributed by atoms with Crippen molar-refractivity contribution in [2.45, 2.75) is 31.4 Å². The van der Waals surface area contributed by atoms with Gasteiger partial charge in [-0.2, -0.15) is 13.2 Å². The molecule has 37 heavy (non-hydrogen) atoms. The summed E-state index contributed by atoms with van der Waals surface area (Å²) in [6.07, 6.45) is -4.64. The maximum absolute atomic E-state index is 13.3. The lowest BCUT2D eigenvalue weighted by Gasteiger charge is -2.37. The summed E-state index contributed by atoms with van der Waals surface area (Å²) in [6, 6.07) is 12.4. The summed E-state index contributed by atoms with van der Waals surface area (Å²) in [5.41, 5.74) is 0.409. The summed E-state index contributed by atoms with van der Waals surface area (Å²) in [7, 11) is 0. The summed E-state index contributed by atoms with van der Waals surface area (Å²) in [6.45, 7) is 3.94. The number of alkyl halides is 5. The summed E-state index contributed by atoms with van der Waals surface area (Å²) in [4.78, 5) is 17.9. The van der Waals surface area contributed by atoms with Crippen LogP contribution in [0.5, 0.6) is 5.75 Å². The molecule has 2 aromatic carbocycles. The van der Waals surface area contributed by atoms with Crippen molar-refractivity contribution in [1.82, 2.24) is 10.2 Å². The number of nitrogens with one attached hydrogen (secondary N) is 1. The van der Waals surface area contributed by atoms with Crippen LogP contribution in [0.25, 0.3) is 0 Å². The van der Waals surface area contributed by atoms with Gasteiger partial charge in [-0.3, -0.25) is 4.90 Å². The molecule has 0 spiro atoms. The molecule has 0 aromatic heterocycles. The predicted octanol–water partition coefficient (Wildman–Crippen LogP) is 5.24. The van der Waals surface area contributed by atoms with Crippen LogP contribution in [0.15, 0.2) is 48.5 Å². The van der Waals surface area contributed by atoms with Crippen LogP contribution < -0.4 is 19.9 Å². The molecule has 0 aliphatic carbocycles. The van der Waals surface area contributed by atoms with Crippen LogP contribution in [0.3, 0.4) is 0 Å². The standard InChI is InChI=1S/C26H31F5N4O2/c27-25(28)10-14-34(15-11-25)20-6-8-21(9-7-20)37-24(36)32-12-3-13-33-16-18-35(19-17-33)23-5-2-1-4-22(23)26(29,30)31/h1-2,4-9H,3,10-19H2,(H,32,36). The zero-order valence-corrected chi connectivity index (χ0v) is 20.4. The van der Waals surface area contributed by atoms with Gasteiger partial charge in [-0.1, -0.05) is 12.1 Å². The lowest BCUT2D eigenvalue weighted by atomic mass is 10.1. The zero-order chi connectivity index (χ0) is 26.5. The van der Waals surface area contributed by atoms with Crippen LogP contribution in [-0.4, -0.2) is 69.3 Å². The molecule has 1 amide bonds. The number of piperazine rings is 1. The molecule has 0 unspecified atom stereocenters. The fourth-order valence-electron chi connectivity index (χ4n) is 4.65. The summed E-state index contributed by atoms with van der Waals surface area (Å²) in [5.74, 6) is -2.24. The van der Waals surface area contributed by atoms with Crippen molar-refractivity contribution in [3.63, 3.8) is 0 Å². The Bertz CT molecular complexity index is 1030. The van der Waals surface area contributed by atoms with Crippen molar-refractivity contribution < 1.29 is 31.5 Å². The Labute approximate surface area is 213 Å². The van der Waals surface area contributed by atoms with Crippen molar-refractivity contribution in [2.75, 3.05) is 62.2 Å². The van der Waals surface area contributed by atoms with E-state index in [4.69, 9.17) is 4.74 Å². The highest BCUT2D eigenvalue weighted by atomic mass is 19.4. The van der Waals surface area contributed by atoms with Gasteiger partial charge in [-0.05, 0) is 49.4 Å². The number of amides is 1. The van der Waals surface area contributed by atoms with Crippen molar-refractivity contribution >= 4 is 17.5 Å². The highest BCUT2D eigenvalue weighted by molar-refractivity contribution is 5.70. The number of ether oxygens (including phenoxy) is 1. The molecular formula is C26H31F5N4O2. The first kappa shape index (κ1) is 27.0. The van der Waals surface area contributed by atoms with E-state index < -0.39 is 23.8 Å². The van der Waals surface area contributed by atoms with Gasteiger partial charge in [0.05, 0.1) is 5.56 Å². The number of nitrogens with zero attached hydrogens (tertiary/aromatic N) is 3. The molecule has 0 saturated carbocycles. The molecule has 1 N–H and O–H groups in total. The van der Waals surface area contributed by atoms with E-state index in [0.717, 1.165) is 11.8 Å². The zero-order valence-electron chi connectivity index (χ0n) is 20.4. The summed E-state index contributed by atoms with van der Waals surface area (Å²) in [5, 5.41) is 2.70. The van der Waals surface area contributed by atoms with Gasteiger partial charge in [0.2, 0.25) is 0 Å². The predicted molar refractivity (Wildman–Crippen MR) is 132 cm³/mol. The summed E-state index contributed by atoms with van der Waals surface area (Å²) < 4.78 is 71.8. The first-order valence-electron chi connectivity index (χ1n) is 12.4. The molecule has 2 saturated heterocycles. The lowest BCUT2D eigenvalue weighted by Crippen LogP contribution is -2.47. The fraction of sp³-hybridized carbons (Fsp3) is 0.500. The number of para-hydroxylation sites is 1. The van der Waals surface area contributed by atoms with Crippen molar-refractivity contribution in [1.29, 1.82) is 0 Å². The van der Waals surface area contributed by atoms with Crippen LogP contribution in [0.1, 0.15) is 24.8 Å². The lowest BCUT2D eigenvalue weighted by molar-refractivity contribution is -0.137. The topological polar surface area (TPSA) is 48.1 Å². The van der Waals surface area contributed by atoms with E-state index in [9.17, 15) is 26.7 Å². The first-order valence-corrected chi connectivity index (χ1v) is 12.4. The molecular weight excluding hydrogens is 495 g/mol. The largest absolute Gasteiger partial charge is 0.418 e. The third kappa shape index (κ3) is 7.47. The maximum atomic E-state index is 13.3. The minimum absolute atomic E-state index is 0.171. The number of carbonyl (C=O) groups is 1. The van der Waals surface area contributed by atoms with E-state index in [1.807, 2.05) is 4.90 Å². The van der Waals surface area contributed by atoms with Gasteiger partial charge in [-0.15, -0.1) is 0 Å². The van der Waals surface area contributed by atoms with Gasteiger partial charge in [0.25, 0.3) is 5.92 Å². The quantitative estimate of drug-likeness (QED) is 0.395. The van der Waals surface area contributed by atoms with Gasteiger partial charge in [-0.25, -0.2) is 13.6 Å². The summed E-state index contributed by atoms with van der Waals surface area (Å²) >= 11 is 0. The third-order valence-electron chi connectivity index (χ3n) is 6.75. The van der Waals surface area contributed by atoms with Gasteiger partial charge in [0.1, 0.15) is 5.75 Å². The van der Waals surface area contributed by atoms with Gasteiger partial charge >= 0.3 is 12.3 Å². The fourth-order valence-corrected chi connectivity index (χ4v) is 4.65. The first-order chi connectivity index (χ1) is 17.6. The number of piperidine rings is 1. The smallest absolute Gasteiger partial charge is 0.410 e. The maximum Gasteiger partial charge on any atom is 0.418 e. The van der Waals surface area contributed by atoms with E-state index in [1.54, 1.807) is 35.2 Å². The second kappa shape index (κ2) is 11.5. The van der Waals surface area contributed by atoms with Crippen LogP contribution in [0.4, 0.5) is 38.1 Å². The minimum atomic E-state index is -4.39. The molecule has 2 fully saturated rings. The average Bonchev–Trinajstić information content (AvgIpc) is 2.87. The highest BCUT2D eigenvalue weighted by Crippen LogP contribution is 2.36. The second-order valence-electron chi connectivity index (χ2n) is 9.35. The number of anilines is 2. The molecule has 2 heterocycles. The van der Waals surface area contributed by atoms with Crippen LogP contribution in [0.2, 0.25) is 0 Å².